The molecule has 96 valence electrons. The van der Waals surface area contributed by atoms with Crippen LogP contribution in [0.25, 0.3) is 5.57 Å². The highest BCUT2D eigenvalue weighted by atomic mass is 16.1. The van der Waals surface area contributed by atoms with Crippen LogP contribution in [0.1, 0.15) is 29.8 Å². The number of carbonyl (C=O) groups excluding carboxylic acids is 1. The van der Waals surface area contributed by atoms with E-state index in [0.717, 1.165) is 16.8 Å². The van der Waals surface area contributed by atoms with Crippen molar-refractivity contribution in [1.29, 1.82) is 0 Å². The van der Waals surface area contributed by atoms with Crippen LogP contribution in [0.3, 0.4) is 0 Å². The zero-order valence-corrected chi connectivity index (χ0v) is 11.2. The van der Waals surface area contributed by atoms with Gasteiger partial charge in [-0.25, -0.2) is 0 Å². The number of rotatable bonds is 3. The molecule has 2 heteroatoms. The first kappa shape index (κ1) is 13.1. The summed E-state index contributed by atoms with van der Waals surface area (Å²) in [5.74, 6) is -0.0806. The van der Waals surface area contributed by atoms with Crippen molar-refractivity contribution in [3.05, 3.63) is 71.8 Å². The minimum Gasteiger partial charge on any atom is -0.322 e. The van der Waals surface area contributed by atoms with Crippen LogP contribution in [0.15, 0.2) is 60.7 Å². The molecule has 0 unspecified atom stereocenters. The van der Waals surface area contributed by atoms with E-state index >= 15 is 0 Å². The zero-order chi connectivity index (χ0) is 13.7. The molecule has 2 nitrogen and oxygen atoms in total. The maximum absolute atomic E-state index is 12.3. The van der Waals surface area contributed by atoms with Crippen molar-refractivity contribution in [2.45, 2.75) is 13.8 Å². The van der Waals surface area contributed by atoms with Gasteiger partial charge < -0.3 is 5.32 Å². The number of allylic oxidation sites excluding steroid dienone is 2. The third-order valence-corrected chi connectivity index (χ3v) is 3.06. The van der Waals surface area contributed by atoms with Gasteiger partial charge in [-0.1, -0.05) is 42.5 Å². The molecule has 1 N–H and O–H groups in total. The molecule has 19 heavy (non-hydrogen) atoms. The fourth-order valence-corrected chi connectivity index (χ4v) is 1.90. The molecule has 0 bridgehead atoms. The molecule has 0 aliphatic heterocycles. The first-order valence-corrected chi connectivity index (χ1v) is 6.31. The van der Waals surface area contributed by atoms with Crippen molar-refractivity contribution in [3.63, 3.8) is 0 Å². The molecular formula is C17H17NO. The summed E-state index contributed by atoms with van der Waals surface area (Å²) in [7, 11) is 0. The summed E-state index contributed by atoms with van der Waals surface area (Å²) in [5, 5.41) is 2.91. The maximum Gasteiger partial charge on any atom is 0.256 e. The van der Waals surface area contributed by atoms with Crippen molar-refractivity contribution in [3.8, 4) is 0 Å². The summed E-state index contributed by atoms with van der Waals surface area (Å²) in [6, 6.07) is 17.1. The lowest BCUT2D eigenvalue weighted by atomic mass is 10.00. The van der Waals surface area contributed by atoms with Crippen LogP contribution < -0.4 is 5.32 Å². The van der Waals surface area contributed by atoms with Crippen LogP contribution in [0.2, 0.25) is 0 Å². The first-order chi connectivity index (χ1) is 9.22. The van der Waals surface area contributed by atoms with Gasteiger partial charge in [-0.15, -0.1) is 0 Å². The van der Waals surface area contributed by atoms with Crippen LogP contribution in [0, 0.1) is 0 Å². The Labute approximate surface area is 113 Å². The van der Waals surface area contributed by atoms with Gasteiger partial charge in [0.2, 0.25) is 0 Å². The Hall–Kier alpha value is -2.35. The minimum absolute atomic E-state index is 0.0806. The summed E-state index contributed by atoms with van der Waals surface area (Å²) in [4.78, 5) is 12.3. The number of carbonyl (C=O) groups is 1. The molecule has 0 saturated heterocycles. The normalized spacial score (nSPS) is 11.2. The van der Waals surface area contributed by atoms with Gasteiger partial charge in [-0.3, -0.25) is 4.79 Å². The van der Waals surface area contributed by atoms with Crippen LogP contribution in [-0.2, 0) is 0 Å². The third-order valence-electron chi connectivity index (χ3n) is 3.06. The summed E-state index contributed by atoms with van der Waals surface area (Å²) in [5.41, 5.74) is 3.57. The van der Waals surface area contributed by atoms with Crippen LogP contribution in [0.4, 0.5) is 5.69 Å². The monoisotopic (exact) mass is 251 g/mol. The zero-order valence-electron chi connectivity index (χ0n) is 11.2. The molecule has 2 aromatic rings. The van der Waals surface area contributed by atoms with Gasteiger partial charge >= 0.3 is 0 Å². The highest BCUT2D eigenvalue weighted by Gasteiger charge is 2.11. The highest BCUT2D eigenvalue weighted by Crippen LogP contribution is 2.20. The second kappa shape index (κ2) is 6.01. The molecule has 2 aromatic carbocycles. The van der Waals surface area contributed by atoms with E-state index in [2.05, 4.69) is 5.32 Å². The quantitative estimate of drug-likeness (QED) is 0.862. The molecule has 0 heterocycles. The lowest BCUT2D eigenvalue weighted by Crippen LogP contribution is -2.13. The Morgan fingerprint density at radius 1 is 0.947 bits per heavy atom. The van der Waals surface area contributed by atoms with Gasteiger partial charge in [0.25, 0.3) is 5.91 Å². The number of nitrogens with one attached hydrogen (secondary N) is 1. The van der Waals surface area contributed by atoms with E-state index in [-0.39, 0.29) is 5.91 Å². The first-order valence-electron chi connectivity index (χ1n) is 6.31. The number of hydrogen-bond acceptors (Lipinski definition) is 1. The summed E-state index contributed by atoms with van der Waals surface area (Å²) in [6.07, 6.45) is 2.01. The topological polar surface area (TPSA) is 29.1 Å². The number of amides is 1. The smallest absolute Gasteiger partial charge is 0.256 e. The fourth-order valence-electron chi connectivity index (χ4n) is 1.90. The van der Waals surface area contributed by atoms with E-state index in [4.69, 9.17) is 0 Å². The van der Waals surface area contributed by atoms with Crippen molar-refractivity contribution < 1.29 is 4.79 Å². The standard InChI is InChI=1S/C17H17NO/c1-3-13(2)15-11-7-8-12-16(15)17(19)18-14-9-5-4-6-10-14/h3-12H,1-2H3,(H,18,19)/b13-3+. The second-order valence-corrected chi connectivity index (χ2v) is 4.34. The predicted octanol–water partition coefficient (Wildman–Crippen LogP) is 4.36. The van der Waals surface area contributed by atoms with Gasteiger partial charge in [0.05, 0.1) is 0 Å². The summed E-state index contributed by atoms with van der Waals surface area (Å²) < 4.78 is 0. The number of benzene rings is 2. The molecule has 0 saturated carbocycles. The van der Waals surface area contributed by atoms with E-state index in [9.17, 15) is 4.79 Å². The van der Waals surface area contributed by atoms with Gasteiger partial charge in [0, 0.05) is 11.3 Å². The van der Waals surface area contributed by atoms with Crippen LogP contribution >= 0.6 is 0 Å². The van der Waals surface area contributed by atoms with E-state index < -0.39 is 0 Å². The largest absolute Gasteiger partial charge is 0.322 e. The van der Waals surface area contributed by atoms with E-state index in [1.165, 1.54) is 0 Å². The molecule has 0 aliphatic carbocycles. The van der Waals surface area contributed by atoms with Crippen molar-refractivity contribution in [2.24, 2.45) is 0 Å². The summed E-state index contributed by atoms with van der Waals surface area (Å²) >= 11 is 0. The number of para-hydroxylation sites is 1. The Kier molecular flexibility index (Phi) is 4.14. The molecule has 0 aromatic heterocycles. The number of hydrogen-bond donors (Lipinski definition) is 1. The minimum atomic E-state index is -0.0806. The molecule has 0 radical (unpaired) electrons. The SMILES string of the molecule is C/C=C(\C)c1ccccc1C(=O)Nc1ccccc1. The van der Waals surface area contributed by atoms with Crippen molar-refractivity contribution in [1.82, 2.24) is 0 Å². The lowest BCUT2D eigenvalue weighted by Gasteiger charge is -2.10. The average Bonchev–Trinajstić information content (AvgIpc) is 2.47. The molecule has 2 rings (SSSR count). The van der Waals surface area contributed by atoms with Gasteiger partial charge in [0.15, 0.2) is 0 Å². The Morgan fingerprint density at radius 3 is 2.16 bits per heavy atom. The van der Waals surface area contributed by atoms with Gasteiger partial charge in [-0.2, -0.15) is 0 Å². The second-order valence-electron chi connectivity index (χ2n) is 4.34. The molecule has 0 spiro atoms. The molecule has 0 fully saturated rings. The van der Waals surface area contributed by atoms with Crippen molar-refractivity contribution >= 4 is 17.2 Å². The van der Waals surface area contributed by atoms with Gasteiger partial charge in [0.1, 0.15) is 0 Å². The van der Waals surface area contributed by atoms with E-state index in [1.807, 2.05) is 74.5 Å². The Bertz CT molecular complexity index is 600. The average molecular weight is 251 g/mol. The van der Waals surface area contributed by atoms with Crippen LogP contribution in [-0.4, -0.2) is 5.91 Å². The Morgan fingerprint density at radius 2 is 1.53 bits per heavy atom. The van der Waals surface area contributed by atoms with E-state index in [1.54, 1.807) is 0 Å². The predicted molar refractivity (Wildman–Crippen MR) is 80.2 cm³/mol. The lowest BCUT2D eigenvalue weighted by molar-refractivity contribution is 0.102. The van der Waals surface area contributed by atoms with E-state index in [0.29, 0.717) is 5.56 Å². The summed E-state index contributed by atoms with van der Waals surface area (Å²) in [6.45, 7) is 3.98. The third kappa shape index (κ3) is 3.10. The number of anilines is 1. The van der Waals surface area contributed by atoms with Crippen LogP contribution in [0.5, 0.6) is 0 Å². The Balaban J connectivity index is 2.30. The van der Waals surface area contributed by atoms with Gasteiger partial charge in [-0.05, 0) is 43.2 Å². The molecule has 0 atom stereocenters. The fraction of sp³-hybridized carbons (Fsp3) is 0.118. The molecule has 0 aliphatic rings. The molecule has 1 amide bonds. The maximum atomic E-state index is 12.3. The molecular weight excluding hydrogens is 234 g/mol. The highest BCUT2D eigenvalue weighted by molar-refractivity contribution is 6.07. The van der Waals surface area contributed by atoms with Crippen molar-refractivity contribution in [2.75, 3.05) is 5.32 Å².